The molecule has 8 aliphatic rings. The number of carboxylic acid groups (broad SMARTS) is 1. The van der Waals surface area contributed by atoms with E-state index in [0.29, 0.717) is 126 Å². The minimum atomic E-state index is -1.66. The summed E-state index contributed by atoms with van der Waals surface area (Å²) in [5.41, 5.74) is 0.359. The Morgan fingerprint density at radius 2 is 1.51 bits per heavy atom. The lowest BCUT2D eigenvalue weighted by Crippen LogP contribution is -2.72. The molecule has 2 fully saturated rings. The van der Waals surface area contributed by atoms with E-state index in [9.17, 15) is 44.1 Å². The molecule has 1 spiro atoms. The van der Waals surface area contributed by atoms with E-state index >= 15 is 4.79 Å². The molecule has 4 bridgehead atoms. The van der Waals surface area contributed by atoms with Crippen molar-refractivity contribution in [2.24, 2.45) is 11.8 Å². The predicted molar refractivity (Wildman–Crippen MR) is 342 cm³/mol. The van der Waals surface area contributed by atoms with Crippen LogP contribution in [0.2, 0.25) is 0 Å². The van der Waals surface area contributed by atoms with Gasteiger partial charge in [0.2, 0.25) is 11.8 Å². The van der Waals surface area contributed by atoms with Crippen molar-refractivity contribution in [2.75, 3.05) is 31.1 Å². The van der Waals surface area contributed by atoms with Crippen LogP contribution in [0.1, 0.15) is 149 Å². The molecule has 88 heavy (non-hydrogen) atoms. The first-order valence-electron chi connectivity index (χ1n) is 30.0. The maximum atomic E-state index is 15.2. The van der Waals surface area contributed by atoms with Gasteiger partial charge in [0.15, 0.2) is 28.2 Å². The number of aromatic hydroxyl groups is 2. The van der Waals surface area contributed by atoms with Crippen LogP contribution in [-0.2, 0) is 25.5 Å². The number of rotatable bonds is 24. The molecule has 17 nitrogen and oxygen atoms in total. The zero-order valence-corrected chi connectivity index (χ0v) is 52.5. The lowest BCUT2D eigenvalue weighted by atomic mass is 9.51. The largest absolute Gasteiger partial charge is 0.508 e. The molecule has 3 amide bonds. The fourth-order valence-electron chi connectivity index (χ4n) is 13.1. The van der Waals surface area contributed by atoms with Crippen molar-refractivity contribution in [3.8, 4) is 45.4 Å². The number of phenolic OH excluding ortho intramolecular Hbond substituents is 2. The summed E-state index contributed by atoms with van der Waals surface area (Å²) in [5, 5.41) is 41.7. The van der Waals surface area contributed by atoms with Crippen LogP contribution < -0.4 is 30.9 Å². The molecule has 4 heterocycles. The lowest BCUT2D eigenvalue weighted by molar-refractivity contribution is -0.171. The van der Waals surface area contributed by atoms with Gasteiger partial charge in [0.25, 0.3) is 5.91 Å². The Labute approximate surface area is 519 Å². The lowest BCUT2D eigenvalue weighted by Gasteiger charge is -2.56. The Morgan fingerprint density at radius 3 is 2.25 bits per heavy atom. The molecule has 11 rings (SSSR count). The van der Waals surface area contributed by atoms with Gasteiger partial charge >= 0.3 is 5.97 Å². The number of amides is 3. The first kappa shape index (κ1) is 63.2. The Morgan fingerprint density at radius 1 is 0.773 bits per heavy atom. The van der Waals surface area contributed by atoms with Crippen LogP contribution in [0.3, 0.4) is 0 Å². The van der Waals surface area contributed by atoms with Gasteiger partial charge in [0, 0.05) is 107 Å². The number of ether oxygens (including phenoxy) is 3. The molecule has 1 saturated heterocycles. The standard InChI is InChI=1S/C69H75N3O14S2/c1-38(2)13-12-25-67(8)26-24-48-58(76)57-59(77)51-34-42-35-54-66(6,7)86-68(62(42)78,69(51,54)85-61(57)49(60(48)84-67)19-15-39(3)4)27-23-40(5)63(79)72-30-32-88-87-31-29-70-55(75)14-10-9-11-28-71-64(80)41-16-20-45(50(33-41)65(81)82)56-46-21-17-43(73)36-52(46)83-53-37-44(74)18-22-47(53)56/h13,15-18,20-24,26,33-34,36-37,42,54,73,76H,9-12,14,19,25,27-32,35H2,1-8H3,(H,70,75)(H,71,80)(H,72,79)(H,81,82). The van der Waals surface area contributed by atoms with Crippen molar-refractivity contribution < 1.29 is 62.7 Å². The summed E-state index contributed by atoms with van der Waals surface area (Å²) in [6.45, 7) is 16.8. The number of hydrogen-bond donors (Lipinski definition) is 6. The third-order valence-corrected chi connectivity index (χ3v) is 19.8. The number of hydrogen-bond acceptors (Lipinski definition) is 15. The number of unbranched alkanes of at least 4 members (excludes halogenated alkanes) is 2. The molecule has 5 unspecified atom stereocenters. The Kier molecular flexibility index (Phi) is 18.2. The van der Waals surface area contributed by atoms with Crippen LogP contribution >= 0.6 is 21.6 Å². The molecule has 462 valence electrons. The summed E-state index contributed by atoms with van der Waals surface area (Å²) in [6, 6.07) is 13.1. The first-order valence-corrected chi connectivity index (χ1v) is 32.5. The van der Waals surface area contributed by atoms with Crippen LogP contribution in [0.4, 0.5) is 0 Å². The molecule has 1 saturated carbocycles. The average molecular weight is 1230 g/mol. The van der Waals surface area contributed by atoms with E-state index in [1.165, 1.54) is 42.0 Å². The van der Waals surface area contributed by atoms with Crippen LogP contribution in [0.15, 0.2) is 116 Å². The normalized spacial score (nSPS) is 21.8. The van der Waals surface area contributed by atoms with Crippen molar-refractivity contribution in [1.29, 1.82) is 0 Å². The van der Waals surface area contributed by atoms with Gasteiger partial charge < -0.3 is 49.9 Å². The summed E-state index contributed by atoms with van der Waals surface area (Å²) in [6.07, 6.45) is 15.8. The van der Waals surface area contributed by atoms with E-state index < -0.39 is 51.9 Å². The van der Waals surface area contributed by atoms with E-state index in [2.05, 4.69) is 35.9 Å². The number of benzene rings is 4. The van der Waals surface area contributed by atoms with Gasteiger partial charge in [0.05, 0.1) is 16.7 Å². The Hall–Kier alpha value is -7.87. The fourth-order valence-corrected chi connectivity index (χ4v) is 14.9. The number of aromatic carboxylic acids is 1. The smallest absolute Gasteiger partial charge is 0.336 e. The van der Waals surface area contributed by atoms with Crippen LogP contribution in [0, 0.1) is 11.8 Å². The molecule has 0 aromatic heterocycles. The number of carbonyl (C=O) groups excluding carboxylic acids is 5. The van der Waals surface area contributed by atoms with E-state index in [0.717, 1.165) is 12.0 Å². The molecule has 4 aliphatic heterocycles. The van der Waals surface area contributed by atoms with Gasteiger partial charge in [-0.1, -0.05) is 69.5 Å². The fraction of sp³-hybridized carbons (Fsp3) is 0.406. The second kappa shape index (κ2) is 25.3. The number of nitrogens with one attached hydrogen (secondary N) is 3. The van der Waals surface area contributed by atoms with Gasteiger partial charge in [-0.2, -0.15) is 0 Å². The number of fused-ring (bicyclic) bond motifs is 4. The second-order valence-corrected chi connectivity index (χ2v) is 27.4. The summed E-state index contributed by atoms with van der Waals surface area (Å²) in [5.74, 6) is -2.01. The number of Topliss-reactive ketones (excluding diaryl/α,β-unsaturated/α-hetero) is 2. The predicted octanol–water partition coefficient (Wildman–Crippen LogP) is 12.0. The molecule has 0 radical (unpaired) electrons. The quantitative estimate of drug-likeness (QED) is 0.0110. The maximum Gasteiger partial charge on any atom is 0.336 e. The SMILES string of the molecule is CC(C)=CCCC1(C)C=Cc2c(O)c3c(c(CC=C(C)C)c2O1)OC12C(=CC4CC1C(C)(C)OC2(CC=C(C)C(=O)NCCSSCCNC(=O)CCCCCNC(=O)c1ccc(-c2c5ccc(=O)cc-5oc5cc(O)ccc25)c(C(=O)O)c1)C4=O)C3=O. The number of ketones is 2. The zero-order valence-electron chi connectivity index (χ0n) is 50.9. The summed E-state index contributed by atoms with van der Waals surface area (Å²) in [4.78, 5) is 94.3. The van der Waals surface area contributed by atoms with E-state index in [1.807, 2.05) is 52.8 Å². The summed E-state index contributed by atoms with van der Waals surface area (Å²) < 4.78 is 27.1. The Balaban J connectivity index is 0.682. The first-order chi connectivity index (χ1) is 41.9. The highest BCUT2D eigenvalue weighted by molar-refractivity contribution is 8.76. The summed E-state index contributed by atoms with van der Waals surface area (Å²) >= 11 is 0. The zero-order chi connectivity index (χ0) is 63.0. The summed E-state index contributed by atoms with van der Waals surface area (Å²) in [7, 11) is 3.13. The van der Waals surface area contributed by atoms with Crippen molar-refractivity contribution in [2.45, 2.75) is 136 Å². The van der Waals surface area contributed by atoms with Gasteiger partial charge in [-0.15, -0.1) is 0 Å². The Bertz CT molecular complexity index is 3880. The molecule has 3 aromatic carbocycles. The highest BCUT2D eigenvalue weighted by Crippen LogP contribution is 2.69. The molecular formula is C69H75N3O14S2. The van der Waals surface area contributed by atoms with Gasteiger partial charge in [-0.05, 0) is 148 Å². The third-order valence-electron chi connectivity index (χ3n) is 17.4. The minimum Gasteiger partial charge on any atom is -0.508 e. The van der Waals surface area contributed by atoms with E-state index in [4.69, 9.17) is 18.6 Å². The van der Waals surface area contributed by atoms with Crippen molar-refractivity contribution in [3.63, 3.8) is 0 Å². The van der Waals surface area contributed by atoms with Crippen LogP contribution in [-0.4, -0.2) is 104 Å². The molecular weight excluding hydrogens is 1160 g/mol. The van der Waals surface area contributed by atoms with Crippen LogP contribution in [0.5, 0.6) is 23.0 Å². The molecule has 4 aliphatic carbocycles. The van der Waals surface area contributed by atoms with E-state index in [-0.39, 0.29) is 74.7 Å². The topological polar surface area (TPSA) is 257 Å². The molecule has 5 atom stereocenters. The van der Waals surface area contributed by atoms with Gasteiger partial charge in [0.1, 0.15) is 45.5 Å². The van der Waals surface area contributed by atoms with Gasteiger partial charge in [-0.25, -0.2) is 4.79 Å². The van der Waals surface area contributed by atoms with E-state index in [1.54, 1.807) is 58.9 Å². The number of allylic oxidation sites excluding steroid dienone is 5. The third kappa shape index (κ3) is 12.1. The molecule has 6 N–H and O–H groups in total. The van der Waals surface area contributed by atoms with Crippen molar-refractivity contribution in [1.82, 2.24) is 16.0 Å². The number of phenols is 2. The number of carboxylic acids is 1. The van der Waals surface area contributed by atoms with Crippen LogP contribution in [0.25, 0.3) is 39.5 Å². The molecule has 3 aromatic rings. The highest BCUT2D eigenvalue weighted by Gasteiger charge is 2.81. The minimum absolute atomic E-state index is 0.0277. The average Bonchev–Trinajstić information content (AvgIpc) is 1.39. The second-order valence-electron chi connectivity index (χ2n) is 24.7. The molecule has 19 heteroatoms. The van der Waals surface area contributed by atoms with Crippen molar-refractivity contribution in [3.05, 3.63) is 145 Å². The van der Waals surface area contributed by atoms with Crippen molar-refractivity contribution >= 4 is 73.9 Å². The monoisotopic (exact) mass is 1230 g/mol. The maximum absolute atomic E-state index is 15.2. The number of carbonyl (C=O) groups is 6. The highest BCUT2D eigenvalue weighted by atomic mass is 33.1. The van der Waals surface area contributed by atoms with Gasteiger partial charge in [-0.3, -0.25) is 28.8 Å².